The molecule has 0 aliphatic heterocycles. The fourth-order valence-corrected chi connectivity index (χ4v) is 2.21. The number of nitrogens with one attached hydrogen (secondary N) is 1. The molecule has 2 aromatic carbocycles. The smallest absolute Gasteiger partial charge is 0.255 e. The third kappa shape index (κ3) is 4.60. The van der Waals surface area contributed by atoms with Gasteiger partial charge in [0.25, 0.3) is 5.91 Å². The van der Waals surface area contributed by atoms with E-state index in [1.54, 1.807) is 0 Å². The summed E-state index contributed by atoms with van der Waals surface area (Å²) in [4.78, 5) is 12.1. The molecule has 0 spiro atoms. The van der Waals surface area contributed by atoms with E-state index in [9.17, 15) is 4.79 Å². The molecule has 0 radical (unpaired) electrons. The number of hydrogen-bond acceptors (Lipinski definition) is 2. The highest BCUT2D eigenvalue weighted by Gasteiger charge is 2.06. The zero-order valence-corrected chi connectivity index (χ0v) is 13.7. The molecule has 21 heavy (non-hydrogen) atoms. The number of hydrogen-bond donors (Lipinski definition) is 1. The third-order valence-electron chi connectivity index (χ3n) is 2.85. The van der Waals surface area contributed by atoms with Crippen LogP contribution >= 0.6 is 15.9 Å². The van der Waals surface area contributed by atoms with Gasteiger partial charge in [-0.25, -0.2) is 0 Å². The van der Waals surface area contributed by atoms with Gasteiger partial charge in [0.2, 0.25) is 0 Å². The highest BCUT2D eigenvalue weighted by atomic mass is 79.9. The first-order valence-electron chi connectivity index (χ1n) is 6.81. The van der Waals surface area contributed by atoms with Crippen LogP contribution in [-0.2, 0) is 5.33 Å². The summed E-state index contributed by atoms with van der Waals surface area (Å²) in [5.41, 5.74) is 2.53. The average molecular weight is 348 g/mol. The van der Waals surface area contributed by atoms with Crippen LogP contribution in [-0.4, -0.2) is 12.0 Å². The maximum atomic E-state index is 12.1. The molecule has 2 rings (SSSR count). The highest BCUT2D eigenvalue weighted by molar-refractivity contribution is 9.08. The molecular formula is C17H18BrNO2. The lowest BCUT2D eigenvalue weighted by Gasteiger charge is -2.10. The maximum Gasteiger partial charge on any atom is 0.255 e. The van der Waals surface area contributed by atoms with Crippen molar-refractivity contribution in [1.82, 2.24) is 0 Å². The van der Waals surface area contributed by atoms with E-state index < -0.39 is 0 Å². The second-order valence-corrected chi connectivity index (χ2v) is 5.54. The van der Waals surface area contributed by atoms with Crippen LogP contribution in [0.25, 0.3) is 0 Å². The van der Waals surface area contributed by atoms with E-state index in [4.69, 9.17) is 4.74 Å². The molecule has 0 aliphatic carbocycles. The maximum absolute atomic E-state index is 12.1. The molecule has 0 heterocycles. The molecule has 0 fully saturated rings. The van der Waals surface area contributed by atoms with Crippen molar-refractivity contribution in [3.05, 3.63) is 59.7 Å². The van der Waals surface area contributed by atoms with E-state index in [1.165, 1.54) is 0 Å². The normalized spacial score (nSPS) is 10.5. The largest absolute Gasteiger partial charge is 0.491 e. The van der Waals surface area contributed by atoms with Crippen LogP contribution < -0.4 is 10.1 Å². The van der Waals surface area contributed by atoms with E-state index in [1.807, 2.05) is 62.4 Å². The van der Waals surface area contributed by atoms with Gasteiger partial charge in [0.15, 0.2) is 0 Å². The predicted octanol–water partition coefficient (Wildman–Crippen LogP) is 4.62. The number of carbonyl (C=O) groups is 1. The van der Waals surface area contributed by atoms with Crippen molar-refractivity contribution < 1.29 is 9.53 Å². The Balaban J connectivity index is 2.01. The second kappa shape index (κ2) is 7.27. The van der Waals surface area contributed by atoms with Crippen molar-refractivity contribution in [3.8, 4) is 5.75 Å². The van der Waals surface area contributed by atoms with Crippen LogP contribution in [0.5, 0.6) is 5.75 Å². The summed E-state index contributed by atoms with van der Waals surface area (Å²) in [5.74, 6) is 0.679. The standard InChI is InChI=1S/C17H18BrNO2/c1-12(2)21-16-9-7-15(8-10-16)19-17(20)14-5-3-13(11-18)4-6-14/h3-10,12H,11H2,1-2H3,(H,19,20). The van der Waals surface area contributed by atoms with Crippen molar-refractivity contribution in [2.24, 2.45) is 0 Å². The zero-order chi connectivity index (χ0) is 15.2. The van der Waals surface area contributed by atoms with Crippen LogP contribution in [0.1, 0.15) is 29.8 Å². The van der Waals surface area contributed by atoms with Gasteiger partial charge >= 0.3 is 0 Å². The van der Waals surface area contributed by atoms with Crippen molar-refractivity contribution >= 4 is 27.5 Å². The number of halogens is 1. The van der Waals surface area contributed by atoms with Crippen molar-refractivity contribution in [1.29, 1.82) is 0 Å². The molecule has 110 valence electrons. The molecule has 1 amide bonds. The Hall–Kier alpha value is -1.81. The molecule has 0 atom stereocenters. The molecule has 0 bridgehead atoms. The first-order valence-corrected chi connectivity index (χ1v) is 7.93. The SMILES string of the molecule is CC(C)Oc1ccc(NC(=O)c2ccc(CBr)cc2)cc1. The van der Waals surface area contributed by atoms with Crippen LogP contribution in [0.4, 0.5) is 5.69 Å². The highest BCUT2D eigenvalue weighted by Crippen LogP contribution is 2.18. The quantitative estimate of drug-likeness (QED) is 0.801. The molecule has 0 saturated carbocycles. The molecule has 0 aliphatic rings. The fraction of sp³-hybridized carbons (Fsp3) is 0.235. The number of anilines is 1. The summed E-state index contributed by atoms with van der Waals surface area (Å²) in [6, 6.07) is 14.9. The lowest BCUT2D eigenvalue weighted by atomic mass is 10.1. The molecule has 0 aromatic heterocycles. The monoisotopic (exact) mass is 347 g/mol. The van der Waals surface area contributed by atoms with Gasteiger partial charge in [-0.1, -0.05) is 28.1 Å². The number of benzene rings is 2. The third-order valence-corrected chi connectivity index (χ3v) is 3.50. The Morgan fingerprint density at radius 1 is 1.10 bits per heavy atom. The van der Waals surface area contributed by atoms with Gasteiger partial charge in [0.05, 0.1) is 6.10 Å². The summed E-state index contributed by atoms with van der Waals surface area (Å²) in [7, 11) is 0. The average Bonchev–Trinajstić information content (AvgIpc) is 2.49. The zero-order valence-electron chi connectivity index (χ0n) is 12.1. The fourth-order valence-electron chi connectivity index (χ4n) is 1.84. The predicted molar refractivity (Wildman–Crippen MR) is 89.2 cm³/mol. The van der Waals surface area contributed by atoms with Gasteiger partial charge in [0, 0.05) is 16.6 Å². The molecule has 4 heteroatoms. The van der Waals surface area contributed by atoms with Crippen molar-refractivity contribution in [2.45, 2.75) is 25.3 Å². The Kier molecular flexibility index (Phi) is 5.39. The van der Waals surface area contributed by atoms with Gasteiger partial charge in [0.1, 0.15) is 5.75 Å². The van der Waals surface area contributed by atoms with Crippen LogP contribution in [0.2, 0.25) is 0 Å². The summed E-state index contributed by atoms with van der Waals surface area (Å²) in [6.45, 7) is 3.96. The molecule has 3 nitrogen and oxygen atoms in total. The van der Waals surface area contributed by atoms with Crippen LogP contribution in [0, 0.1) is 0 Å². The number of alkyl halides is 1. The summed E-state index contributed by atoms with van der Waals surface area (Å²) in [5, 5.41) is 3.65. The summed E-state index contributed by atoms with van der Waals surface area (Å²) < 4.78 is 5.57. The number of amides is 1. The Bertz CT molecular complexity index is 591. The number of rotatable bonds is 5. The topological polar surface area (TPSA) is 38.3 Å². The number of ether oxygens (including phenoxy) is 1. The summed E-state index contributed by atoms with van der Waals surface area (Å²) in [6.07, 6.45) is 0.137. The first-order chi connectivity index (χ1) is 10.1. The van der Waals surface area contributed by atoms with Gasteiger partial charge in [-0.2, -0.15) is 0 Å². The van der Waals surface area contributed by atoms with E-state index in [0.29, 0.717) is 5.56 Å². The molecule has 0 unspecified atom stereocenters. The minimum Gasteiger partial charge on any atom is -0.491 e. The lowest BCUT2D eigenvalue weighted by molar-refractivity contribution is 0.102. The molecule has 2 aromatic rings. The second-order valence-electron chi connectivity index (χ2n) is 4.98. The van der Waals surface area contributed by atoms with Gasteiger partial charge in [-0.3, -0.25) is 4.79 Å². The van der Waals surface area contributed by atoms with Crippen LogP contribution in [0.15, 0.2) is 48.5 Å². The Morgan fingerprint density at radius 2 is 1.71 bits per heavy atom. The lowest BCUT2D eigenvalue weighted by Crippen LogP contribution is -2.12. The molecule has 1 N–H and O–H groups in total. The molecule has 0 saturated heterocycles. The Labute approximate surface area is 133 Å². The van der Waals surface area contributed by atoms with E-state index >= 15 is 0 Å². The van der Waals surface area contributed by atoms with E-state index in [2.05, 4.69) is 21.2 Å². The first kappa shape index (κ1) is 15.6. The van der Waals surface area contributed by atoms with Crippen LogP contribution in [0.3, 0.4) is 0 Å². The van der Waals surface area contributed by atoms with Gasteiger partial charge in [-0.15, -0.1) is 0 Å². The van der Waals surface area contributed by atoms with E-state index in [-0.39, 0.29) is 12.0 Å². The summed E-state index contributed by atoms with van der Waals surface area (Å²) >= 11 is 3.38. The molecular weight excluding hydrogens is 330 g/mol. The van der Waals surface area contributed by atoms with Gasteiger partial charge in [-0.05, 0) is 55.8 Å². The van der Waals surface area contributed by atoms with Crippen molar-refractivity contribution in [2.75, 3.05) is 5.32 Å². The van der Waals surface area contributed by atoms with E-state index in [0.717, 1.165) is 22.3 Å². The number of carbonyl (C=O) groups excluding carboxylic acids is 1. The Morgan fingerprint density at radius 3 is 2.24 bits per heavy atom. The minimum atomic E-state index is -0.117. The minimum absolute atomic E-state index is 0.117. The van der Waals surface area contributed by atoms with Crippen molar-refractivity contribution in [3.63, 3.8) is 0 Å². The van der Waals surface area contributed by atoms with Gasteiger partial charge < -0.3 is 10.1 Å².